The standard InChI is InChI=1S/C29H30O4/c1-5-31-28(30)29(3,4)33-25-13-11-24(12-14-25)32-17-16-20(2)21-10-15-27-23(18-21)19-22-8-6-7-9-26(22)27/h6-16,18H,5,17,19H2,1-4H3/b20-16+. The zero-order valence-corrected chi connectivity index (χ0v) is 19.7. The van der Waals surface area contributed by atoms with E-state index in [-0.39, 0.29) is 5.97 Å². The summed E-state index contributed by atoms with van der Waals surface area (Å²) in [6.07, 6.45) is 3.09. The van der Waals surface area contributed by atoms with Gasteiger partial charge in [-0.2, -0.15) is 0 Å². The van der Waals surface area contributed by atoms with Crippen LogP contribution in [0, 0.1) is 0 Å². The van der Waals surface area contributed by atoms with Crippen molar-refractivity contribution in [2.24, 2.45) is 0 Å². The third-order valence-electron chi connectivity index (χ3n) is 5.85. The number of rotatable bonds is 8. The van der Waals surface area contributed by atoms with Crippen LogP contribution in [0.3, 0.4) is 0 Å². The minimum absolute atomic E-state index is 0.324. The van der Waals surface area contributed by atoms with Crippen molar-refractivity contribution >= 4 is 11.5 Å². The molecule has 3 aromatic carbocycles. The third kappa shape index (κ3) is 5.11. The van der Waals surface area contributed by atoms with Gasteiger partial charge in [-0.3, -0.25) is 0 Å². The molecule has 0 bridgehead atoms. The van der Waals surface area contributed by atoms with Crippen LogP contribution in [0.2, 0.25) is 0 Å². The largest absolute Gasteiger partial charge is 0.490 e. The monoisotopic (exact) mass is 442 g/mol. The summed E-state index contributed by atoms with van der Waals surface area (Å²) in [6.45, 7) is 8.07. The second-order valence-corrected chi connectivity index (χ2v) is 8.71. The van der Waals surface area contributed by atoms with E-state index in [9.17, 15) is 4.79 Å². The van der Waals surface area contributed by atoms with E-state index in [1.807, 2.05) is 12.1 Å². The minimum Gasteiger partial charge on any atom is -0.490 e. The Balaban J connectivity index is 1.35. The van der Waals surface area contributed by atoms with Gasteiger partial charge in [-0.1, -0.05) is 42.5 Å². The van der Waals surface area contributed by atoms with Crippen molar-refractivity contribution < 1.29 is 19.0 Å². The lowest BCUT2D eigenvalue weighted by molar-refractivity contribution is -0.158. The molecule has 0 radical (unpaired) electrons. The van der Waals surface area contributed by atoms with Gasteiger partial charge in [0.25, 0.3) is 0 Å². The predicted molar refractivity (Wildman–Crippen MR) is 132 cm³/mol. The van der Waals surface area contributed by atoms with E-state index in [4.69, 9.17) is 14.2 Å². The summed E-state index contributed by atoms with van der Waals surface area (Å²) in [5.74, 6) is 0.942. The summed E-state index contributed by atoms with van der Waals surface area (Å²) in [5, 5.41) is 0. The number of carbonyl (C=O) groups is 1. The molecule has 4 heteroatoms. The number of carbonyl (C=O) groups excluding carboxylic acids is 1. The molecule has 0 spiro atoms. The van der Waals surface area contributed by atoms with E-state index in [0.717, 1.165) is 12.2 Å². The van der Waals surface area contributed by atoms with E-state index < -0.39 is 5.60 Å². The lowest BCUT2D eigenvalue weighted by atomic mass is 10.00. The van der Waals surface area contributed by atoms with Gasteiger partial charge in [-0.25, -0.2) is 4.79 Å². The molecule has 170 valence electrons. The number of hydrogen-bond acceptors (Lipinski definition) is 4. The number of ether oxygens (including phenoxy) is 3. The van der Waals surface area contributed by atoms with Gasteiger partial charge in [0, 0.05) is 0 Å². The second-order valence-electron chi connectivity index (χ2n) is 8.71. The van der Waals surface area contributed by atoms with Crippen LogP contribution >= 0.6 is 0 Å². The fraction of sp³-hybridized carbons (Fsp3) is 0.276. The number of esters is 1. The van der Waals surface area contributed by atoms with Gasteiger partial charge in [-0.05, 0) is 97.8 Å². The average Bonchev–Trinajstić information content (AvgIpc) is 3.18. The maximum atomic E-state index is 12.0. The molecule has 0 unspecified atom stereocenters. The van der Waals surface area contributed by atoms with Crippen LogP contribution in [0.4, 0.5) is 0 Å². The maximum Gasteiger partial charge on any atom is 0.349 e. The summed E-state index contributed by atoms with van der Waals surface area (Å²) in [5.41, 5.74) is 6.82. The number of hydrogen-bond donors (Lipinski definition) is 0. The lowest BCUT2D eigenvalue weighted by Crippen LogP contribution is -2.39. The molecule has 0 heterocycles. The van der Waals surface area contributed by atoms with E-state index in [1.54, 1.807) is 32.9 Å². The second kappa shape index (κ2) is 9.53. The van der Waals surface area contributed by atoms with Gasteiger partial charge in [0.1, 0.15) is 18.1 Å². The zero-order chi connectivity index (χ0) is 23.4. The molecule has 3 aromatic rings. The molecule has 0 aromatic heterocycles. The lowest BCUT2D eigenvalue weighted by Gasteiger charge is -2.24. The minimum atomic E-state index is -1.05. The van der Waals surface area contributed by atoms with Crippen LogP contribution in [-0.4, -0.2) is 24.8 Å². The van der Waals surface area contributed by atoms with Gasteiger partial charge in [-0.15, -0.1) is 0 Å². The Labute approximate surface area is 195 Å². The Bertz CT molecular complexity index is 1170. The van der Waals surface area contributed by atoms with Crippen molar-refractivity contribution in [3.63, 3.8) is 0 Å². The topological polar surface area (TPSA) is 44.8 Å². The summed E-state index contributed by atoms with van der Waals surface area (Å²) >= 11 is 0. The van der Waals surface area contributed by atoms with Crippen LogP contribution in [-0.2, 0) is 16.0 Å². The maximum absolute atomic E-state index is 12.0. The highest BCUT2D eigenvalue weighted by Crippen LogP contribution is 2.37. The van der Waals surface area contributed by atoms with Crippen molar-refractivity contribution in [2.75, 3.05) is 13.2 Å². The Morgan fingerprint density at radius 3 is 2.39 bits per heavy atom. The first-order valence-corrected chi connectivity index (χ1v) is 11.3. The Morgan fingerprint density at radius 1 is 0.939 bits per heavy atom. The summed E-state index contributed by atoms with van der Waals surface area (Å²) in [7, 11) is 0. The van der Waals surface area contributed by atoms with Crippen LogP contribution in [0.1, 0.15) is 44.4 Å². The first-order valence-electron chi connectivity index (χ1n) is 11.3. The van der Waals surface area contributed by atoms with E-state index in [2.05, 4.69) is 55.5 Å². The zero-order valence-electron chi connectivity index (χ0n) is 19.7. The fourth-order valence-electron chi connectivity index (χ4n) is 4.02. The molecule has 0 N–H and O–H groups in total. The molecular formula is C29H30O4. The smallest absolute Gasteiger partial charge is 0.349 e. The van der Waals surface area contributed by atoms with Gasteiger partial charge in [0.2, 0.25) is 0 Å². The number of fused-ring (bicyclic) bond motifs is 3. The van der Waals surface area contributed by atoms with Gasteiger partial charge < -0.3 is 14.2 Å². The molecule has 0 fully saturated rings. The van der Waals surface area contributed by atoms with Crippen LogP contribution in [0.25, 0.3) is 16.7 Å². The SMILES string of the molecule is CCOC(=O)C(C)(C)Oc1ccc(OC/C=C(\C)c2ccc3c(c2)Cc2ccccc2-3)cc1. The molecule has 0 saturated heterocycles. The van der Waals surface area contributed by atoms with Crippen LogP contribution in [0.5, 0.6) is 11.5 Å². The van der Waals surface area contributed by atoms with Crippen LogP contribution < -0.4 is 9.47 Å². The molecule has 0 amide bonds. The molecule has 4 nitrogen and oxygen atoms in total. The van der Waals surface area contributed by atoms with E-state index in [0.29, 0.717) is 19.0 Å². The molecular weight excluding hydrogens is 412 g/mol. The molecule has 33 heavy (non-hydrogen) atoms. The summed E-state index contributed by atoms with van der Waals surface area (Å²) < 4.78 is 16.7. The van der Waals surface area contributed by atoms with Crippen molar-refractivity contribution in [1.82, 2.24) is 0 Å². The van der Waals surface area contributed by atoms with Gasteiger partial charge in [0.15, 0.2) is 5.60 Å². The first kappa shape index (κ1) is 22.7. The molecule has 1 aliphatic rings. The Kier molecular flexibility index (Phi) is 6.55. The van der Waals surface area contributed by atoms with Crippen molar-refractivity contribution in [3.05, 3.63) is 89.5 Å². The van der Waals surface area contributed by atoms with Crippen LogP contribution in [0.15, 0.2) is 72.8 Å². The highest BCUT2D eigenvalue weighted by molar-refractivity contribution is 5.80. The first-order chi connectivity index (χ1) is 15.9. The number of benzene rings is 3. The third-order valence-corrected chi connectivity index (χ3v) is 5.85. The normalized spacial score (nSPS) is 12.7. The molecule has 1 aliphatic carbocycles. The van der Waals surface area contributed by atoms with Gasteiger partial charge in [0.05, 0.1) is 6.61 Å². The molecule has 4 rings (SSSR count). The summed E-state index contributed by atoms with van der Waals surface area (Å²) in [4.78, 5) is 12.0. The Hall–Kier alpha value is -3.53. The van der Waals surface area contributed by atoms with E-state index >= 15 is 0 Å². The number of allylic oxidation sites excluding steroid dienone is 1. The predicted octanol–water partition coefficient (Wildman–Crippen LogP) is 6.46. The Morgan fingerprint density at radius 2 is 1.64 bits per heavy atom. The van der Waals surface area contributed by atoms with Gasteiger partial charge >= 0.3 is 5.97 Å². The molecule has 0 saturated carbocycles. The van der Waals surface area contributed by atoms with Crippen molar-refractivity contribution in [1.29, 1.82) is 0 Å². The van der Waals surface area contributed by atoms with Crippen molar-refractivity contribution in [2.45, 2.75) is 39.7 Å². The fourth-order valence-corrected chi connectivity index (χ4v) is 4.02. The van der Waals surface area contributed by atoms with E-state index in [1.165, 1.54) is 33.4 Å². The quantitative estimate of drug-likeness (QED) is 0.294. The summed E-state index contributed by atoms with van der Waals surface area (Å²) in [6, 6.07) is 22.6. The average molecular weight is 443 g/mol. The highest BCUT2D eigenvalue weighted by Gasteiger charge is 2.31. The molecule has 0 aliphatic heterocycles. The molecule has 0 atom stereocenters. The highest BCUT2D eigenvalue weighted by atomic mass is 16.6. The van der Waals surface area contributed by atoms with Crippen molar-refractivity contribution in [3.8, 4) is 22.6 Å².